The summed E-state index contributed by atoms with van der Waals surface area (Å²) in [5, 5.41) is 3.59. The molecule has 7 nitrogen and oxygen atoms in total. The zero-order chi connectivity index (χ0) is 32.0. The van der Waals surface area contributed by atoms with Crippen LogP contribution in [0.15, 0.2) is 84.9 Å². The number of amides is 2. The van der Waals surface area contributed by atoms with E-state index in [0.29, 0.717) is 32.7 Å². The van der Waals surface area contributed by atoms with Gasteiger partial charge < -0.3 is 24.8 Å². The van der Waals surface area contributed by atoms with Crippen molar-refractivity contribution in [2.75, 3.05) is 39.8 Å². The van der Waals surface area contributed by atoms with Gasteiger partial charge in [0.15, 0.2) is 0 Å². The van der Waals surface area contributed by atoms with E-state index in [1.165, 1.54) is 11.1 Å². The Kier molecular flexibility index (Phi) is 13.5. The summed E-state index contributed by atoms with van der Waals surface area (Å²) < 4.78 is 5.57. The van der Waals surface area contributed by atoms with Crippen molar-refractivity contribution in [3.05, 3.63) is 102 Å². The summed E-state index contributed by atoms with van der Waals surface area (Å²) in [4.78, 5) is 33.5. The van der Waals surface area contributed by atoms with Crippen molar-refractivity contribution in [2.45, 2.75) is 71.6 Å². The number of ether oxygens (including phenoxy) is 1. The predicted octanol–water partition coefficient (Wildman–Crippen LogP) is 5.78. The van der Waals surface area contributed by atoms with Gasteiger partial charge in [-0.1, -0.05) is 93.1 Å². The van der Waals surface area contributed by atoms with Gasteiger partial charge in [-0.15, -0.1) is 0 Å². The number of nitrogens with one attached hydrogen (secondary N) is 1. The molecule has 0 unspecified atom stereocenters. The number of piperazine rings is 1. The van der Waals surface area contributed by atoms with Crippen LogP contribution in [0, 0.1) is 5.92 Å². The van der Waals surface area contributed by atoms with Gasteiger partial charge in [0, 0.05) is 38.8 Å². The van der Waals surface area contributed by atoms with E-state index in [4.69, 9.17) is 4.74 Å². The second-order valence-electron chi connectivity index (χ2n) is 12.6. The van der Waals surface area contributed by atoms with Gasteiger partial charge in [-0.25, -0.2) is 0 Å². The molecule has 3 aromatic carbocycles. The topological polar surface area (TPSA) is 65.1 Å². The molecule has 1 aliphatic rings. The van der Waals surface area contributed by atoms with Crippen molar-refractivity contribution in [1.82, 2.24) is 20.0 Å². The molecular weight excluding hydrogens is 560 g/mol. The lowest BCUT2D eigenvalue weighted by Crippen LogP contribution is -2.64. The molecule has 4 rings (SSSR count). The first-order valence-corrected chi connectivity index (χ1v) is 16.7. The molecule has 1 heterocycles. The molecule has 1 saturated heterocycles. The third-order valence-corrected chi connectivity index (χ3v) is 8.75. The number of unbranched alkanes of at least 4 members (excludes halogenated alkanes) is 1. The first kappa shape index (κ1) is 34.2. The van der Waals surface area contributed by atoms with E-state index >= 15 is 0 Å². The standard InChI is InChI=1S/C38H52N4O3/c1-5-45-35-21-19-31(20-22-35)23-25-41-36(30(2)3)29-42(38(44)37(41)43)34(27-39-26-32-14-8-6-9-15-32)18-12-13-24-40(4)28-33-16-10-7-11-17-33/h6-11,14-17,19-22,30,34,36,39H,5,12-13,18,23-29H2,1-4H3/t34-,36+/m0/s1. The molecule has 45 heavy (non-hydrogen) atoms. The Morgan fingerprint density at radius 3 is 2.18 bits per heavy atom. The number of hydrogen-bond donors (Lipinski definition) is 1. The average Bonchev–Trinajstić information content (AvgIpc) is 3.04. The minimum atomic E-state index is -0.374. The average molecular weight is 613 g/mol. The molecule has 7 heteroatoms. The fourth-order valence-corrected chi connectivity index (χ4v) is 6.18. The summed E-state index contributed by atoms with van der Waals surface area (Å²) in [6.07, 6.45) is 3.59. The third-order valence-electron chi connectivity index (χ3n) is 8.75. The molecule has 2 amide bonds. The Morgan fingerprint density at radius 1 is 0.867 bits per heavy atom. The summed E-state index contributed by atoms with van der Waals surface area (Å²) in [6.45, 7) is 11.3. The number of nitrogens with zero attached hydrogens (tertiary/aromatic N) is 3. The molecule has 0 bridgehead atoms. The number of carbonyl (C=O) groups excluding carboxylic acids is 2. The minimum Gasteiger partial charge on any atom is -0.494 e. The normalized spacial score (nSPS) is 16.1. The molecule has 0 spiro atoms. The van der Waals surface area contributed by atoms with Gasteiger partial charge in [0.05, 0.1) is 12.6 Å². The molecule has 0 aliphatic carbocycles. The minimum absolute atomic E-state index is 0.0217. The van der Waals surface area contributed by atoms with Crippen LogP contribution < -0.4 is 10.1 Å². The maximum atomic E-state index is 13.7. The first-order valence-electron chi connectivity index (χ1n) is 16.7. The van der Waals surface area contributed by atoms with Gasteiger partial charge in [0.1, 0.15) is 5.75 Å². The summed E-state index contributed by atoms with van der Waals surface area (Å²) in [5.41, 5.74) is 3.65. The fourth-order valence-electron chi connectivity index (χ4n) is 6.18. The van der Waals surface area contributed by atoms with Crippen LogP contribution in [0.4, 0.5) is 0 Å². The Labute approximate surface area is 270 Å². The van der Waals surface area contributed by atoms with Crippen molar-refractivity contribution in [3.8, 4) is 5.75 Å². The summed E-state index contributed by atoms with van der Waals surface area (Å²) in [6, 6.07) is 28.8. The van der Waals surface area contributed by atoms with E-state index in [0.717, 1.165) is 50.2 Å². The van der Waals surface area contributed by atoms with Gasteiger partial charge >= 0.3 is 11.8 Å². The second-order valence-corrected chi connectivity index (χ2v) is 12.6. The number of benzene rings is 3. The zero-order valence-corrected chi connectivity index (χ0v) is 27.7. The first-order chi connectivity index (χ1) is 21.9. The van der Waals surface area contributed by atoms with E-state index in [-0.39, 0.29) is 29.8 Å². The highest BCUT2D eigenvalue weighted by Crippen LogP contribution is 2.24. The largest absolute Gasteiger partial charge is 0.494 e. The van der Waals surface area contributed by atoms with Gasteiger partial charge in [0.25, 0.3) is 0 Å². The van der Waals surface area contributed by atoms with Gasteiger partial charge in [-0.05, 0) is 74.5 Å². The van der Waals surface area contributed by atoms with E-state index < -0.39 is 0 Å². The van der Waals surface area contributed by atoms with Gasteiger partial charge in [-0.3, -0.25) is 9.59 Å². The molecule has 1 aliphatic heterocycles. The molecule has 3 aromatic rings. The van der Waals surface area contributed by atoms with Crippen molar-refractivity contribution >= 4 is 11.8 Å². The van der Waals surface area contributed by atoms with Crippen LogP contribution in [0.2, 0.25) is 0 Å². The van der Waals surface area contributed by atoms with Crippen LogP contribution in [0.1, 0.15) is 56.7 Å². The molecule has 0 radical (unpaired) electrons. The smallest absolute Gasteiger partial charge is 0.312 e. The van der Waals surface area contributed by atoms with Crippen LogP contribution in [-0.4, -0.2) is 78.4 Å². The molecule has 242 valence electrons. The quantitative estimate of drug-likeness (QED) is 0.146. The summed E-state index contributed by atoms with van der Waals surface area (Å²) >= 11 is 0. The van der Waals surface area contributed by atoms with Crippen LogP contribution in [0.25, 0.3) is 0 Å². The highest BCUT2D eigenvalue weighted by atomic mass is 16.5. The Hall–Kier alpha value is -3.68. The molecule has 1 N–H and O–H groups in total. The lowest BCUT2D eigenvalue weighted by Gasteiger charge is -2.45. The van der Waals surface area contributed by atoms with Crippen LogP contribution >= 0.6 is 0 Å². The fraction of sp³-hybridized carbons (Fsp3) is 0.474. The highest BCUT2D eigenvalue weighted by molar-refractivity contribution is 6.35. The SMILES string of the molecule is CCOc1ccc(CCN2C(=O)C(=O)N([C@@H](CCCCN(C)Cc3ccccc3)CNCc3ccccc3)C[C@@H]2C(C)C)cc1. The molecule has 0 saturated carbocycles. The number of carbonyl (C=O) groups is 2. The van der Waals surface area contributed by atoms with Crippen molar-refractivity contribution in [1.29, 1.82) is 0 Å². The lowest BCUT2D eigenvalue weighted by atomic mass is 9.95. The molecular formula is C38H52N4O3. The van der Waals surface area contributed by atoms with E-state index in [9.17, 15) is 9.59 Å². The Bertz CT molecular complexity index is 1300. The predicted molar refractivity (Wildman–Crippen MR) is 182 cm³/mol. The monoisotopic (exact) mass is 612 g/mol. The molecule has 2 atom stereocenters. The number of rotatable bonds is 18. The maximum Gasteiger partial charge on any atom is 0.312 e. The lowest BCUT2D eigenvalue weighted by molar-refractivity contribution is -0.162. The van der Waals surface area contributed by atoms with Crippen LogP contribution in [-0.2, 0) is 29.1 Å². The van der Waals surface area contributed by atoms with E-state index in [2.05, 4.69) is 67.5 Å². The summed E-state index contributed by atoms with van der Waals surface area (Å²) in [7, 11) is 2.16. The van der Waals surface area contributed by atoms with Gasteiger partial charge in [-0.2, -0.15) is 0 Å². The summed E-state index contributed by atoms with van der Waals surface area (Å²) in [5.74, 6) is 0.332. The van der Waals surface area contributed by atoms with E-state index in [1.54, 1.807) is 0 Å². The number of hydrogen-bond acceptors (Lipinski definition) is 5. The van der Waals surface area contributed by atoms with E-state index in [1.807, 2.05) is 65.3 Å². The molecule has 1 fully saturated rings. The van der Waals surface area contributed by atoms with Crippen molar-refractivity contribution < 1.29 is 14.3 Å². The zero-order valence-electron chi connectivity index (χ0n) is 27.7. The Balaban J connectivity index is 1.39. The van der Waals surface area contributed by atoms with Crippen molar-refractivity contribution in [2.24, 2.45) is 5.92 Å². The van der Waals surface area contributed by atoms with Crippen LogP contribution in [0.3, 0.4) is 0 Å². The second kappa shape index (κ2) is 17.7. The van der Waals surface area contributed by atoms with Crippen LogP contribution in [0.5, 0.6) is 5.75 Å². The van der Waals surface area contributed by atoms with Gasteiger partial charge in [0.2, 0.25) is 0 Å². The highest BCUT2D eigenvalue weighted by Gasteiger charge is 2.42. The van der Waals surface area contributed by atoms with Crippen molar-refractivity contribution in [3.63, 3.8) is 0 Å². The Morgan fingerprint density at radius 2 is 1.53 bits per heavy atom. The third kappa shape index (κ3) is 10.4. The maximum absolute atomic E-state index is 13.7. The molecule has 0 aromatic heterocycles.